The number of thiazole rings is 1. The fourth-order valence-corrected chi connectivity index (χ4v) is 1.48. The van der Waals surface area contributed by atoms with E-state index >= 15 is 0 Å². The largest absolute Gasteiger partial charge is 0.339 e. The van der Waals surface area contributed by atoms with E-state index in [2.05, 4.69) is 15.1 Å². The van der Waals surface area contributed by atoms with Crippen LogP contribution in [0.2, 0.25) is 0 Å². The Balaban J connectivity index is 2.14. The molecule has 12 heavy (non-hydrogen) atoms. The van der Waals surface area contributed by atoms with Crippen LogP contribution >= 0.6 is 11.3 Å². The van der Waals surface area contributed by atoms with Crippen LogP contribution in [0.15, 0.2) is 16.2 Å². The van der Waals surface area contributed by atoms with Gasteiger partial charge in [0, 0.05) is 11.1 Å². The van der Waals surface area contributed by atoms with Crippen LogP contribution in [0.3, 0.4) is 0 Å². The van der Waals surface area contributed by atoms with Gasteiger partial charge in [0.25, 0.3) is 0 Å². The summed E-state index contributed by atoms with van der Waals surface area (Å²) in [6.07, 6.45) is 2.50. The minimum Gasteiger partial charge on any atom is -0.339 e. The zero-order valence-electron chi connectivity index (χ0n) is 6.52. The third kappa shape index (κ3) is 1.50. The third-order valence-electron chi connectivity index (χ3n) is 1.38. The molecule has 0 N–H and O–H groups in total. The maximum atomic E-state index is 4.96. The van der Waals surface area contributed by atoms with Crippen LogP contribution in [0, 0.1) is 6.92 Å². The molecule has 0 saturated carbocycles. The second kappa shape index (κ2) is 3.02. The van der Waals surface area contributed by atoms with Crippen molar-refractivity contribution in [2.24, 2.45) is 0 Å². The summed E-state index contributed by atoms with van der Waals surface area (Å²) in [4.78, 5) is 9.18. The molecule has 2 heterocycles. The van der Waals surface area contributed by atoms with Gasteiger partial charge in [0.05, 0.1) is 11.9 Å². The fourth-order valence-electron chi connectivity index (χ4n) is 0.890. The van der Waals surface area contributed by atoms with E-state index in [0.29, 0.717) is 18.1 Å². The average Bonchev–Trinajstić information content (AvgIpc) is 2.63. The van der Waals surface area contributed by atoms with E-state index in [0.717, 1.165) is 4.88 Å². The summed E-state index contributed by atoms with van der Waals surface area (Å²) in [6, 6.07) is 0. The summed E-state index contributed by atoms with van der Waals surface area (Å²) in [5.74, 6) is 1.33. The highest BCUT2D eigenvalue weighted by Crippen LogP contribution is 2.10. The lowest BCUT2D eigenvalue weighted by Gasteiger charge is -1.85. The molecule has 0 fully saturated rings. The second-order valence-electron chi connectivity index (χ2n) is 2.38. The Labute approximate surface area is 73.3 Å². The molecule has 2 rings (SSSR count). The zero-order valence-corrected chi connectivity index (χ0v) is 7.34. The lowest BCUT2D eigenvalue weighted by molar-refractivity contribution is 0.382. The lowest BCUT2D eigenvalue weighted by atomic mass is 10.4. The second-order valence-corrected chi connectivity index (χ2v) is 3.35. The van der Waals surface area contributed by atoms with Crippen molar-refractivity contribution in [3.8, 4) is 0 Å². The summed E-state index contributed by atoms with van der Waals surface area (Å²) in [7, 11) is 0. The molecule has 0 saturated heterocycles. The van der Waals surface area contributed by atoms with Crippen LogP contribution < -0.4 is 0 Å². The molecule has 2 aromatic heterocycles. The van der Waals surface area contributed by atoms with E-state index in [1.807, 2.05) is 6.20 Å². The van der Waals surface area contributed by atoms with E-state index < -0.39 is 0 Å². The minimum absolute atomic E-state index is 0.650. The maximum Gasteiger partial charge on any atom is 0.231 e. The van der Waals surface area contributed by atoms with Crippen molar-refractivity contribution >= 4 is 11.3 Å². The number of hydrogen-bond donors (Lipinski definition) is 0. The standard InChI is InChI=1S/C7H7N3OS/c1-5-9-7(11-10-5)2-6-3-8-4-12-6/h3-4H,2H2,1H3. The molecule has 0 amide bonds. The fraction of sp³-hybridized carbons (Fsp3) is 0.286. The van der Waals surface area contributed by atoms with E-state index in [-0.39, 0.29) is 0 Å². The summed E-state index contributed by atoms with van der Waals surface area (Å²) in [5, 5.41) is 3.70. The molecule has 0 bridgehead atoms. The van der Waals surface area contributed by atoms with Crippen LogP contribution in [0.4, 0.5) is 0 Å². The van der Waals surface area contributed by atoms with Crippen LogP contribution in [0.25, 0.3) is 0 Å². The summed E-state index contributed by atoms with van der Waals surface area (Å²) >= 11 is 1.59. The topological polar surface area (TPSA) is 51.8 Å². The molecule has 2 aromatic rings. The SMILES string of the molecule is Cc1noc(Cc2cncs2)n1. The first-order valence-corrected chi connectivity index (χ1v) is 4.39. The number of nitrogens with zero attached hydrogens (tertiary/aromatic N) is 3. The predicted octanol–water partition coefficient (Wildman–Crippen LogP) is 1.43. The number of rotatable bonds is 2. The van der Waals surface area contributed by atoms with Gasteiger partial charge in [-0.15, -0.1) is 11.3 Å². The molecule has 0 unspecified atom stereocenters. The third-order valence-corrected chi connectivity index (χ3v) is 2.16. The average molecular weight is 181 g/mol. The normalized spacial score (nSPS) is 10.4. The van der Waals surface area contributed by atoms with E-state index in [1.54, 1.807) is 23.8 Å². The number of aryl methyl sites for hydroxylation is 1. The molecule has 5 heteroatoms. The van der Waals surface area contributed by atoms with Gasteiger partial charge in [-0.05, 0) is 6.92 Å². The zero-order chi connectivity index (χ0) is 8.39. The Morgan fingerprint density at radius 2 is 2.50 bits per heavy atom. The van der Waals surface area contributed by atoms with Crippen molar-refractivity contribution in [2.45, 2.75) is 13.3 Å². The molecule has 0 spiro atoms. The van der Waals surface area contributed by atoms with Crippen molar-refractivity contribution < 1.29 is 4.52 Å². The van der Waals surface area contributed by atoms with Gasteiger partial charge in [-0.1, -0.05) is 5.16 Å². The van der Waals surface area contributed by atoms with Crippen LogP contribution in [-0.2, 0) is 6.42 Å². The van der Waals surface area contributed by atoms with Crippen molar-refractivity contribution in [1.82, 2.24) is 15.1 Å². The Morgan fingerprint density at radius 3 is 3.08 bits per heavy atom. The van der Waals surface area contributed by atoms with E-state index in [4.69, 9.17) is 4.52 Å². The Kier molecular flexibility index (Phi) is 1.87. The Morgan fingerprint density at radius 1 is 1.58 bits per heavy atom. The number of aromatic nitrogens is 3. The summed E-state index contributed by atoms with van der Waals surface area (Å²) in [6.45, 7) is 1.81. The van der Waals surface area contributed by atoms with Crippen molar-refractivity contribution in [3.05, 3.63) is 28.3 Å². The summed E-state index contributed by atoms with van der Waals surface area (Å²) in [5.41, 5.74) is 1.79. The first kappa shape index (κ1) is 7.42. The van der Waals surface area contributed by atoms with Gasteiger partial charge in [-0.3, -0.25) is 4.98 Å². The molecule has 0 aliphatic rings. The highest BCUT2D eigenvalue weighted by atomic mass is 32.1. The van der Waals surface area contributed by atoms with Gasteiger partial charge in [0.15, 0.2) is 5.82 Å². The first-order valence-electron chi connectivity index (χ1n) is 3.51. The van der Waals surface area contributed by atoms with Gasteiger partial charge in [-0.25, -0.2) is 0 Å². The highest BCUT2D eigenvalue weighted by Gasteiger charge is 2.04. The molecular formula is C7H7N3OS. The highest BCUT2D eigenvalue weighted by molar-refractivity contribution is 7.09. The number of hydrogen-bond acceptors (Lipinski definition) is 5. The summed E-state index contributed by atoms with van der Waals surface area (Å²) < 4.78 is 4.96. The Hall–Kier alpha value is -1.23. The van der Waals surface area contributed by atoms with Crippen LogP contribution in [0.5, 0.6) is 0 Å². The van der Waals surface area contributed by atoms with Crippen molar-refractivity contribution in [3.63, 3.8) is 0 Å². The van der Waals surface area contributed by atoms with Crippen LogP contribution in [-0.4, -0.2) is 15.1 Å². The maximum absolute atomic E-state index is 4.96. The monoisotopic (exact) mass is 181 g/mol. The molecule has 4 nitrogen and oxygen atoms in total. The molecule has 62 valence electrons. The Bertz CT molecular complexity index is 354. The predicted molar refractivity (Wildman–Crippen MR) is 44.0 cm³/mol. The molecule has 0 atom stereocenters. The van der Waals surface area contributed by atoms with Gasteiger partial charge < -0.3 is 4.52 Å². The quantitative estimate of drug-likeness (QED) is 0.703. The van der Waals surface area contributed by atoms with Gasteiger partial charge in [0.2, 0.25) is 5.89 Å². The van der Waals surface area contributed by atoms with Gasteiger partial charge >= 0.3 is 0 Å². The lowest BCUT2D eigenvalue weighted by Crippen LogP contribution is -1.83. The van der Waals surface area contributed by atoms with Crippen LogP contribution in [0.1, 0.15) is 16.6 Å². The van der Waals surface area contributed by atoms with Gasteiger partial charge in [0.1, 0.15) is 0 Å². The molecule has 0 aliphatic heterocycles. The first-order chi connectivity index (χ1) is 5.84. The van der Waals surface area contributed by atoms with Crippen molar-refractivity contribution in [2.75, 3.05) is 0 Å². The molecular weight excluding hydrogens is 174 g/mol. The molecule has 0 aromatic carbocycles. The van der Waals surface area contributed by atoms with E-state index in [9.17, 15) is 0 Å². The van der Waals surface area contributed by atoms with Crippen molar-refractivity contribution in [1.29, 1.82) is 0 Å². The molecule has 0 radical (unpaired) electrons. The van der Waals surface area contributed by atoms with E-state index in [1.165, 1.54) is 0 Å². The van der Waals surface area contributed by atoms with Gasteiger partial charge in [-0.2, -0.15) is 4.98 Å². The smallest absolute Gasteiger partial charge is 0.231 e. The minimum atomic E-state index is 0.650. The molecule has 0 aliphatic carbocycles.